The van der Waals surface area contributed by atoms with E-state index >= 15 is 0 Å². The van der Waals surface area contributed by atoms with E-state index in [-0.39, 0.29) is 30.9 Å². The zero-order valence-electron chi connectivity index (χ0n) is 14.5. The molecule has 2 aromatic heterocycles. The second kappa shape index (κ2) is 7.77. The van der Waals surface area contributed by atoms with E-state index in [1.54, 1.807) is 23.3 Å². The molecule has 136 valence electrons. The molecule has 0 saturated heterocycles. The zero-order chi connectivity index (χ0) is 18.5. The number of halogens is 1. The van der Waals surface area contributed by atoms with E-state index in [2.05, 4.69) is 20.7 Å². The molecule has 3 rings (SSSR count). The smallest absolute Gasteiger partial charge is 0.246 e. The van der Waals surface area contributed by atoms with Crippen LogP contribution >= 0.6 is 0 Å². The number of carbonyl (C=O) groups is 1. The topological polar surface area (TPSA) is 86.9 Å². The number of aromatic nitrogens is 5. The van der Waals surface area contributed by atoms with E-state index in [0.717, 1.165) is 0 Å². The fourth-order valence-corrected chi connectivity index (χ4v) is 2.20. The molecule has 0 aliphatic carbocycles. The van der Waals surface area contributed by atoms with Crippen molar-refractivity contribution in [2.45, 2.75) is 33.0 Å². The molecule has 0 aliphatic heterocycles. The number of rotatable bonds is 7. The third-order valence-corrected chi connectivity index (χ3v) is 3.51. The van der Waals surface area contributed by atoms with Crippen LogP contribution in [0.4, 0.5) is 10.1 Å². The van der Waals surface area contributed by atoms with Crippen LogP contribution < -0.4 is 10.1 Å². The summed E-state index contributed by atoms with van der Waals surface area (Å²) in [6.45, 7) is 4.21. The molecule has 0 bridgehead atoms. The van der Waals surface area contributed by atoms with Crippen LogP contribution in [0.3, 0.4) is 0 Å². The van der Waals surface area contributed by atoms with Crippen LogP contribution in [-0.4, -0.2) is 30.7 Å². The molecule has 0 radical (unpaired) electrons. The van der Waals surface area contributed by atoms with Crippen LogP contribution in [0.2, 0.25) is 0 Å². The van der Waals surface area contributed by atoms with Crippen molar-refractivity contribution in [2.75, 3.05) is 5.32 Å². The van der Waals surface area contributed by atoms with E-state index in [9.17, 15) is 9.18 Å². The van der Waals surface area contributed by atoms with Gasteiger partial charge in [-0.2, -0.15) is 5.10 Å². The Hall–Kier alpha value is -3.23. The molecule has 3 aromatic rings. The van der Waals surface area contributed by atoms with Gasteiger partial charge in [-0.15, -0.1) is 5.10 Å². The molecular formula is C17H19FN6O2. The lowest BCUT2D eigenvalue weighted by molar-refractivity contribution is -0.116. The Morgan fingerprint density at radius 3 is 2.73 bits per heavy atom. The van der Waals surface area contributed by atoms with Gasteiger partial charge in [0.25, 0.3) is 0 Å². The normalized spacial score (nSPS) is 10.9. The molecular weight excluding hydrogens is 339 g/mol. The Bertz CT molecular complexity index is 872. The Morgan fingerprint density at radius 1 is 1.27 bits per heavy atom. The van der Waals surface area contributed by atoms with E-state index in [1.807, 2.05) is 13.8 Å². The highest BCUT2D eigenvalue weighted by molar-refractivity contribution is 5.90. The summed E-state index contributed by atoms with van der Waals surface area (Å²) in [4.78, 5) is 12.1. The summed E-state index contributed by atoms with van der Waals surface area (Å²) in [6, 6.07) is 5.92. The largest absolute Gasteiger partial charge is 0.487 e. The van der Waals surface area contributed by atoms with Crippen molar-refractivity contribution in [3.63, 3.8) is 0 Å². The van der Waals surface area contributed by atoms with Gasteiger partial charge >= 0.3 is 0 Å². The summed E-state index contributed by atoms with van der Waals surface area (Å²) in [5.74, 6) is -0.0293. The minimum Gasteiger partial charge on any atom is -0.487 e. The quantitative estimate of drug-likeness (QED) is 0.701. The van der Waals surface area contributed by atoms with Gasteiger partial charge in [-0.3, -0.25) is 9.48 Å². The second-order valence-electron chi connectivity index (χ2n) is 6.00. The van der Waals surface area contributed by atoms with Crippen LogP contribution in [-0.2, 0) is 17.9 Å². The standard InChI is InChI=1S/C17H19FN6O2/c1-12(2)24-9-14(7-19-24)20-17(25)10-23-8-15(21-22-23)11-26-16-5-3-13(18)4-6-16/h3-9,12H,10-11H2,1-2H3,(H,20,25). The van der Waals surface area contributed by atoms with Gasteiger partial charge in [0.15, 0.2) is 0 Å². The monoisotopic (exact) mass is 358 g/mol. The van der Waals surface area contributed by atoms with E-state index in [0.29, 0.717) is 17.1 Å². The lowest BCUT2D eigenvalue weighted by Crippen LogP contribution is -2.18. The third-order valence-electron chi connectivity index (χ3n) is 3.51. The first kappa shape index (κ1) is 17.6. The number of nitrogens with zero attached hydrogens (tertiary/aromatic N) is 5. The Kier molecular flexibility index (Phi) is 5.26. The number of amides is 1. The Balaban J connectivity index is 1.50. The SMILES string of the molecule is CC(C)n1cc(NC(=O)Cn2cc(COc3ccc(F)cc3)nn2)cn1. The summed E-state index contributed by atoms with van der Waals surface area (Å²) in [6.07, 6.45) is 4.99. The number of ether oxygens (including phenoxy) is 1. The van der Waals surface area contributed by atoms with Crippen LogP contribution in [0.15, 0.2) is 42.9 Å². The fraction of sp³-hybridized carbons (Fsp3) is 0.294. The van der Waals surface area contributed by atoms with Crippen molar-refractivity contribution in [1.29, 1.82) is 0 Å². The first-order chi connectivity index (χ1) is 12.5. The number of hydrogen-bond acceptors (Lipinski definition) is 5. The van der Waals surface area contributed by atoms with Crippen LogP contribution in [0, 0.1) is 5.82 Å². The van der Waals surface area contributed by atoms with Gasteiger partial charge in [-0.25, -0.2) is 9.07 Å². The predicted molar refractivity (Wildman–Crippen MR) is 92.0 cm³/mol. The van der Waals surface area contributed by atoms with Gasteiger partial charge in [0.2, 0.25) is 5.91 Å². The average Bonchev–Trinajstić information content (AvgIpc) is 3.24. The first-order valence-electron chi connectivity index (χ1n) is 8.11. The maximum atomic E-state index is 12.8. The minimum absolute atomic E-state index is 0.0242. The highest BCUT2D eigenvalue weighted by Gasteiger charge is 2.09. The molecule has 9 heteroatoms. The predicted octanol–water partition coefficient (Wildman–Crippen LogP) is 2.41. The summed E-state index contributed by atoms with van der Waals surface area (Å²) >= 11 is 0. The summed E-state index contributed by atoms with van der Waals surface area (Å²) in [5.41, 5.74) is 1.19. The molecule has 0 fully saturated rings. The third kappa shape index (κ3) is 4.65. The minimum atomic E-state index is -0.326. The van der Waals surface area contributed by atoms with Crippen molar-refractivity contribution in [1.82, 2.24) is 24.8 Å². The van der Waals surface area contributed by atoms with Crippen molar-refractivity contribution >= 4 is 11.6 Å². The van der Waals surface area contributed by atoms with Crippen LogP contribution in [0.25, 0.3) is 0 Å². The number of carbonyl (C=O) groups excluding carboxylic acids is 1. The maximum absolute atomic E-state index is 12.8. The number of benzene rings is 1. The summed E-state index contributed by atoms with van der Waals surface area (Å²) < 4.78 is 21.5. The molecule has 0 unspecified atom stereocenters. The highest BCUT2D eigenvalue weighted by Crippen LogP contribution is 2.13. The Labute approximate surface area is 149 Å². The van der Waals surface area contributed by atoms with E-state index < -0.39 is 0 Å². The van der Waals surface area contributed by atoms with E-state index in [4.69, 9.17) is 4.74 Å². The van der Waals surface area contributed by atoms with Crippen molar-refractivity contribution in [3.8, 4) is 5.75 Å². The second-order valence-corrected chi connectivity index (χ2v) is 6.00. The van der Waals surface area contributed by atoms with Gasteiger partial charge in [0, 0.05) is 12.2 Å². The molecule has 1 N–H and O–H groups in total. The number of anilines is 1. The number of hydrogen-bond donors (Lipinski definition) is 1. The van der Waals surface area contributed by atoms with Gasteiger partial charge < -0.3 is 10.1 Å². The van der Waals surface area contributed by atoms with Gasteiger partial charge in [-0.1, -0.05) is 5.21 Å². The van der Waals surface area contributed by atoms with Crippen LogP contribution in [0.1, 0.15) is 25.6 Å². The molecule has 8 nitrogen and oxygen atoms in total. The molecule has 0 atom stereocenters. The Morgan fingerprint density at radius 2 is 2.04 bits per heavy atom. The van der Waals surface area contributed by atoms with Crippen molar-refractivity contribution in [3.05, 3.63) is 54.4 Å². The molecule has 0 saturated carbocycles. The summed E-state index contributed by atoms with van der Waals surface area (Å²) in [5, 5.41) is 14.8. The maximum Gasteiger partial charge on any atom is 0.246 e. The van der Waals surface area contributed by atoms with Crippen molar-refractivity contribution < 1.29 is 13.9 Å². The molecule has 1 aromatic carbocycles. The molecule has 2 heterocycles. The lowest BCUT2D eigenvalue weighted by atomic mass is 10.3. The molecule has 26 heavy (non-hydrogen) atoms. The lowest BCUT2D eigenvalue weighted by Gasteiger charge is -2.04. The van der Waals surface area contributed by atoms with Gasteiger partial charge in [0.1, 0.15) is 30.4 Å². The molecule has 1 amide bonds. The fourth-order valence-electron chi connectivity index (χ4n) is 2.20. The van der Waals surface area contributed by atoms with Crippen molar-refractivity contribution in [2.24, 2.45) is 0 Å². The zero-order valence-corrected chi connectivity index (χ0v) is 14.5. The van der Waals surface area contributed by atoms with Gasteiger partial charge in [0.05, 0.1) is 18.1 Å². The van der Waals surface area contributed by atoms with Crippen LogP contribution in [0.5, 0.6) is 5.75 Å². The highest BCUT2D eigenvalue weighted by atomic mass is 19.1. The summed E-state index contributed by atoms with van der Waals surface area (Å²) in [7, 11) is 0. The van der Waals surface area contributed by atoms with Gasteiger partial charge in [-0.05, 0) is 38.1 Å². The average molecular weight is 358 g/mol. The molecule has 0 aliphatic rings. The van der Waals surface area contributed by atoms with E-state index in [1.165, 1.54) is 28.9 Å². The molecule has 0 spiro atoms. The first-order valence-corrected chi connectivity index (χ1v) is 8.11. The number of nitrogens with one attached hydrogen (secondary N) is 1.